The van der Waals surface area contributed by atoms with Gasteiger partial charge in [0, 0.05) is 18.1 Å². The van der Waals surface area contributed by atoms with Crippen LogP contribution in [0.4, 0.5) is 10.1 Å². The highest BCUT2D eigenvalue weighted by molar-refractivity contribution is 5.44. The number of rotatable bonds is 3. The van der Waals surface area contributed by atoms with E-state index in [0.717, 1.165) is 29.7 Å². The van der Waals surface area contributed by atoms with Crippen molar-refractivity contribution in [2.75, 3.05) is 5.73 Å². The van der Waals surface area contributed by atoms with Crippen molar-refractivity contribution in [1.82, 2.24) is 4.98 Å². The van der Waals surface area contributed by atoms with Crippen LogP contribution in [0.2, 0.25) is 0 Å². The number of halogens is 1. The van der Waals surface area contributed by atoms with Gasteiger partial charge in [0.05, 0.1) is 0 Å². The van der Waals surface area contributed by atoms with Gasteiger partial charge in [-0.05, 0) is 42.2 Å². The topological polar surface area (TPSA) is 38.9 Å². The van der Waals surface area contributed by atoms with Crippen molar-refractivity contribution >= 4 is 5.69 Å². The van der Waals surface area contributed by atoms with E-state index in [1.54, 1.807) is 30.6 Å². The first-order chi connectivity index (χ1) is 7.75. The lowest BCUT2D eigenvalue weighted by atomic mass is 10.0. The van der Waals surface area contributed by atoms with Crippen LogP contribution < -0.4 is 5.73 Å². The van der Waals surface area contributed by atoms with Crippen molar-refractivity contribution < 1.29 is 4.39 Å². The van der Waals surface area contributed by atoms with Crippen molar-refractivity contribution in [3.8, 4) is 0 Å². The monoisotopic (exact) mass is 216 g/mol. The number of pyridine rings is 1. The Kier molecular flexibility index (Phi) is 3.15. The van der Waals surface area contributed by atoms with Crippen molar-refractivity contribution in [1.29, 1.82) is 0 Å². The molecule has 0 spiro atoms. The van der Waals surface area contributed by atoms with Crippen LogP contribution in [0, 0.1) is 5.82 Å². The zero-order chi connectivity index (χ0) is 11.4. The van der Waals surface area contributed by atoms with E-state index in [9.17, 15) is 4.39 Å². The standard InChI is InChI=1S/C13H13FN2/c14-12-3-1-2-10(8-12)4-5-11-9-16-7-6-13(11)15/h1-3,6-9H,4-5H2,(H2,15,16). The Balaban J connectivity index is 2.05. The van der Waals surface area contributed by atoms with E-state index in [0.29, 0.717) is 0 Å². The first kappa shape index (κ1) is 10.6. The van der Waals surface area contributed by atoms with Crippen molar-refractivity contribution in [2.24, 2.45) is 0 Å². The molecule has 0 fully saturated rings. The minimum absolute atomic E-state index is 0.198. The molecule has 0 atom stereocenters. The van der Waals surface area contributed by atoms with Crippen LogP contribution >= 0.6 is 0 Å². The molecule has 1 aromatic heterocycles. The Morgan fingerprint density at radius 3 is 2.81 bits per heavy atom. The van der Waals surface area contributed by atoms with Gasteiger partial charge in [-0.2, -0.15) is 0 Å². The summed E-state index contributed by atoms with van der Waals surface area (Å²) in [5.74, 6) is -0.198. The van der Waals surface area contributed by atoms with Gasteiger partial charge in [0.2, 0.25) is 0 Å². The summed E-state index contributed by atoms with van der Waals surface area (Å²) in [6, 6.07) is 8.41. The molecule has 0 amide bonds. The number of aromatic nitrogens is 1. The fourth-order valence-corrected chi connectivity index (χ4v) is 1.62. The molecule has 0 saturated heterocycles. The van der Waals surface area contributed by atoms with Gasteiger partial charge < -0.3 is 5.73 Å². The lowest BCUT2D eigenvalue weighted by molar-refractivity contribution is 0.625. The molecule has 1 heterocycles. The molecule has 2 N–H and O–H groups in total. The van der Waals surface area contributed by atoms with E-state index >= 15 is 0 Å². The van der Waals surface area contributed by atoms with Gasteiger partial charge >= 0.3 is 0 Å². The van der Waals surface area contributed by atoms with Gasteiger partial charge in [-0.25, -0.2) is 4.39 Å². The molecule has 16 heavy (non-hydrogen) atoms. The van der Waals surface area contributed by atoms with Gasteiger partial charge in [0.1, 0.15) is 5.82 Å². The summed E-state index contributed by atoms with van der Waals surface area (Å²) in [6.45, 7) is 0. The number of anilines is 1. The SMILES string of the molecule is Nc1ccncc1CCc1cccc(F)c1. The van der Waals surface area contributed by atoms with E-state index in [1.165, 1.54) is 6.07 Å². The van der Waals surface area contributed by atoms with E-state index in [4.69, 9.17) is 5.73 Å². The molecule has 0 radical (unpaired) electrons. The fraction of sp³-hybridized carbons (Fsp3) is 0.154. The summed E-state index contributed by atoms with van der Waals surface area (Å²) in [4.78, 5) is 4.02. The summed E-state index contributed by atoms with van der Waals surface area (Å²) in [5.41, 5.74) is 8.52. The van der Waals surface area contributed by atoms with Gasteiger partial charge in [0.15, 0.2) is 0 Å². The van der Waals surface area contributed by atoms with E-state index in [-0.39, 0.29) is 5.82 Å². The van der Waals surface area contributed by atoms with Gasteiger partial charge in [0.25, 0.3) is 0 Å². The molecule has 0 unspecified atom stereocenters. The van der Waals surface area contributed by atoms with Gasteiger partial charge in [-0.1, -0.05) is 12.1 Å². The van der Waals surface area contributed by atoms with E-state index < -0.39 is 0 Å². The maximum Gasteiger partial charge on any atom is 0.123 e. The zero-order valence-electron chi connectivity index (χ0n) is 8.86. The van der Waals surface area contributed by atoms with Gasteiger partial charge in [-0.15, -0.1) is 0 Å². The number of nitrogens with zero attached hydrogens (tertiary/aromatic N) is 1. The first-order valence-electron chi connectivity index (χ1n) is 5.18. The maximum absolute atomic E-state index is 12.9. The second-order valence-corrected chi connectivity index (χ2v) is 3.70. The van der Waals surface area contributed by atoms with Crippen LogP contribution in [0.3, 0.4) is 0 Å². The summed E-state index contributed by atoms with van der Waals surface area (Å²) < 4.78 is 12.9. The Hall–Kier alpha value is -1.90. The third-order valence-electron chi connectivity index (χ3n) is 2.51. The fourth-order valence-electron chi connectivity index (χ4n) is 1.62. The largest absolute Gasteiger partial charge is 0.398 e. The molecule has 2 rings (SSSR count). The number of hydrogen-bond donors (Lipinski definition) is 1. The third-order valence-corrected chi connectivity index (χ3v) is 2.51. The second kappa shape index (κ2) is 4.75. The minimum atomic E-state index is -0.198. The van der Waals surface area contributed by atoms with Crippen LogP contribution in [0.25, 0.3) is 0 Å². The van der Waals surface area contributed by atoms with Crippen LogP contribution in [-0.4, -0.2) is 4.98 Å². The van der Waals surface area contributed by atoms with Crippen LogP contribution in [0.15, 0.2) is 42.7 Å². The van der Waals surface area contributed by atoms with Gasteiger partial charge in [-0.3, -0.25) is 4.98 Å². The van der Waals surface area contributed by atoms with Crippen LogP contribution in [0.1, 0.15) is 11.1 Å². The average molecular weight is 216 g/mol. The average Bonchev–Trinajstić information content (AvgIpc) is 2.28. The molecular weight excluding hydrogens is 203 g/mol. The first-order valence-corrected chi connectivity index (χ1v) is 5.18. The number of aryl methyl sites for hydroxylation is 2. The molecule has 2 aromatic rings. The normalized spacial score (nSPS) is 10.3. The Bertz CT molecular complexity index is 483. The predicted molar refractivity (Wildman–Crippen MR) is 62.5 cm³/mol. The molecule has 0 aliphatic carbocycles. The highest BCUT2D eigenvalue weighted by atomic mass is 19.1. The minimum Gasteiger partial charge on any atom is -0.398 e. The maximum atomic E-state index is 12.9. The zero-order valence-corrected chi connectivity index (χ0v) is 8.86. The Labute approximate surface area is 93.9 Å². The number of hydrogen-bond acceptors (Lipinski definition) is 2. The molecule has 1 aromatic carbocycles. The summed E-state index contributed by atoms with van der Waals surface area (Å²) >= 11 is 0. The van der Waals surface area contributed by atoms with Crippen molar-refractivity contribution in [3.63, 3.8) is 0 Å². The Morgan fingerprint density at radius 1 is 1.19 bits per heavy atom. The molecule has 0 bridgehead atoms. The number of nitrogen functional groups attached to an aromatic ring is 1. The smallest absolute Gasteiger partial charge is 0.123 e. The van der Waals surface area contributed by atoms with E-state index in [2.05, 4.69) is 4.98 Å². The number of nitrogens with two attached hydrogens (primary N) is 1. The summed E-state index contributed by atoms with van der Waals surface area (Å²) in [5, 5.41) is 0. The number of benzene rings is 1. The highest BCUT2D eigenvalue weighted by Gasteiger charge is 2.00. The molecule has 0 saturated carbocycles. The second-order valence-electron chi connectivity index (χ2n) is 3.70. The molecule has 2 nitrogen and oxygen atoms in total. The molecule has 0 aliphatic rings. The van der Waals surface area contributed by atoms with Crippen LogP contribution in [0.5, 0.6) is 0 Å². The quantitative estimate of drug-likeness (QED) is 0.856. The Morgan fingerprint density at radius 2 is 2.06 bits per heavy atom. The lowest BCUT2D eigenvalue weighted by Gasteiger charge is -2.04. The predicted octanol–water partition coefficient (Wildman–Crippen LogP) is 2.59. The summed E-state index contributed by atoms with van der Waals surface area (Å²) in [6.07, 6.45) is 4.98. The third kappa shape index (κ3) is 2.57. The highest BCUT2D eigenvalue weighted by Crippen LogP contribution is 2.13. The summed E-state index contributed by atoms with van der Waals surface area (Å²) in [7, 11) is 0. The van der Waals surface area contributed by atoms with E-state index in [1.807, 2.05) is 6.07 Å². The van der Waals surface area contributed by atoms with Crippen molar-refractivity contribution in [2.45, 2.75) is 12.8 Å². The molecule has 3 heteroatoms. The molecular formula is C13H13FN2. The lowest BCUT2D eigenvalue weighted by Crippen LogP contribution is -1.98. The van der Waals surface area contributed by atoms with Crippen LogP contribution in [-0.2, 0) is 12.8 Å². The molecule has 82 valence electrons. The molecule has 0 aliphatic heterocycles. The van der Waals surface area contributed by atoms with Crippen molar-refractivity contribution in [3.05, 3.63) is 59.7 Å².